The van der Waals surface area contributed by atoms with Crippen molar-refractivity contribution in [3.8, 4) is 0 Å². The normalized spacial score (nSPS) is 24.3. The third kappa shape index (κ3) is 3.62. The molecule has 1 saturated carbocycles. The molecule has 1 atom stereocenters. The summed E-state index contributed by atoms with van der Waals surface area (Å²) in [6.07, 6.45) is 4.12. The summed E-state index contributed by atoms with van der Waals surface area (Å²) in [5.74, 6) is 0.534. The van der Waals surface area contributed by atoms with Crippen LogP contribution in [0.5, 0.6) is 0 Å². The molecule has 1 aliphatic heterocycles. The van der Waals surface area contributed by atoms with E-state index in [9.17, 15) is 9.18 Å². The van der Waals surface area contributed by atoms with E-state index in [0.717, 1.165) is 57.7 Å². The molecule has 3 rings (SSSR count). The molecule has 1 aromatic rings. The van der Waals surface area contributed by atoms with Gasteiger partial charge in [0.1, 0.15) is 11.6 Å². The number of nitrogens with zero attached hydrogens (tertiary/aromatic N) is 2. The van der Waals surface area contributed by atoms with Crippen molar-refractivity contribution in [3.05, 3.63) is 30.1 Å². The Morgan fingerprint density at radius 1 is 1.05 bits per heavy atom. The highest BCUT2D eigenvalue weighted by atomic mass is 19.1. The predicted octanol–water partition coefficient (Wildman–Crippen LogP) is 2.71. The second-order valence-corrected chi connectivity index (χ2v) is 6.17. The molecular weight excluding hydrogens is 267 g/mol. The van der Waals surface area contributed by atoms with Crippen molar-refractivity contribution in [2.75, 3.05) is 37.6 Å². The first-order chi connectivity index (χ1) is 10.2. The molecule has 0 amide bonds. The van der Waals surface area contributed by atoms with Gasteiger partial charge in [-0.3, -0.25) is 9.69 Å². The number of hydrogen-bond donors (Lipinski definition) is 0. The second kappa shape index (κ2) is 6.56. The van der Waals surface area contributed by atoms with Gasteiger partial charge in [0.05, 0.1) is 0 Å². The number of ketones is 1. The summed E-state index contributed by atoms with van der Waals surface area (Å²) in [5, 5.41) is 0. The molecule has 2 fully saturated rings. The summed E-state index contributed by atoms with van der Waals surface area (Å²) in [4.78, 5) is 16.6. The zero-order valence-corrected chi connectivity index (χ0v) is 12.4. The Balaban J connectivity index is 1.50. The maximum Gasteiger partial charge on any atom is 0.137 e. The molecule has 1 aromatic carbocycles. The fourth-order valence-electron chi connectivity index (χ4n) is 3.40. The zero-order chi connectivity index (χ0) is 14.7. The third-order valence-corrected chi connectivity index (χ3v) is 4.72. The molecule has 0 spiro atoms. The topological polar surface area (TPSA) is 23.6 Å². The fourth-order valence-corrected chi connectivity index (χ4v) is 3.40. The Bertz CT molecular complexity index is 480. The monoisotopic (exact) mass is 290 g/mol. The van der Waals surface area contributed by atoms with Crippen LogP contribution in [0.2, 0.25) is 0 Å². The van der Waals surface area contributed by atoms with Crippen molar-refractivity contribution < 1.29 is 9.18 Å². The van der Waals surface area contributed by atoms with Gasteiger partial charge in [0.2, 0.25) is 0 Å². The molecule has 1 heterocycles. The van der Waals surface area contributed by atoms with Crippen LogP contribution in [0.15, 0.2) is 24.3 Å². The quantitative estimate of drug-likeness (QED) is 0.855. The average Bonchev–Trinajstić information content (AvgIpc) is 2.51. The van der Waals surface area contributed by atoms with Gasteiger partial charge in [-0.1, -0.05) is 6.42 Å². The molecule has 1 aliphatic carbocycles. The van der Waals surface area contributed by atoms with Crippen molar-refractivity contribution in [1.29, 1.82) is 0 Å². The first-order valence-corrected chi connectivity index (χ1v) is 7.98. The number of anilines is 1. The van der Waals surface area contributed by atoms with Crippen molar-refractivity contribution in [2.45, 2.75) is 25.7 Å². The average molecular weight is 290 g/mol. The van der Waals surface area contributed by atoms with Gasteiger partial charge >= 0.3 is 0 Å². The Hall–Kier alpha value is -1.42. The van der Waals surface area contributed by atoms with Gasteiger partial charge in [-0.05, 0) is 37.1 Å². The Morgan fingerprint density at radius 3 is 2.43 bits per heavy atom. The maximum atomic E-state index is 13.0. The number of carbonyl (C=O) groups is 1. The minimum atomic E-state index is -0.187. The van der Waals surface area contributed by atoms with E-state index in [1.54, 1.807) is 0 Å². The van der Waals surface area contributed by atoms with Crippen LogP contribution < -0.4 is 4.90 Å². The van der Waals surface area contributed by atoms with Crippen LogP contribution in [-0.4, -0.2) is 43.4 Å². The number of rotatable bonds is 3. The summed E-state index contributed by atoms with van der Waals surface area (Å²) < 4.78 is 13.0. The molecule has 0 radical (unpaired) electrons. The first-order valence-electron chi connectivity index (χ1n) is 7.98. The lowest BCUT2D eigenvalue weighted by Crippen LogP contribution is -2.48. The predicted molar refractivity (Wildman–Crippen MR) is 82.0 cm³/mol. The molecule has 1 unspecified atom stereocenters. The smallest absolute Gasteiger partial charge is 0.137 e. The number of benzene rings is 1. The third-order valence-electron chi connectivity index (χ3n) is 4.72. The SMILES string of the molecule is O=C1CCCCC1CN1CCN(c2ccc(F)cc2)CC1. The Labute approximate surface area is 125 Å². The molecule has 4 heteroatoms. The lowest BCUT2D eigenvalue weighted by molar-refractivity contribution is -0.125. The molecule has 1 saturated heterocycles. The highest BCUT2D eigenvalue weighted by Gasteiger charge is 2.26. The summed E-state index contributed by atoms with van der Waals surface area (Å²) >= 11 is 0. The maximum absolute atomic E-state index is 13.0. The second-order valence-electron chi connectivity index (χ2n) is 6.17. The van der Waals surface area contributed by atoms with Gasteiger partial charge < -0.3 is 4.90 Å². The summed E-state index contributed by atoms with van der Waals surface area (Å²) in [6, 6.07) is 6.72. The van der Waals surface area contributed by atoms with Gasteiger partial charge in [0.15, 0.2) is 0 Å². The van der Waals surface area contributed by atoms with E-state index in [-0.39, 0.29) is 11.7 Å². The summed E-state index contributed by atoms with van der Waals surface area (Å²) in [7, 11) is 0. The minimum absolute atomic E-state index is 0.187. The van der Waals surface area contributed by atoms with E-state index < -0.39 is 0 Å². The van der Waals surface area contributed by atoms with Crippen molar-refractivity contribution >= 4 is 11.5 Å². The van der Waals surface area contributed by atoms with E-state index in [0.29, 0.717) is 5.78 Å². The largest absolute Gasteiger partial charge is 0.369 e. The molecular formula is C17H23FN2O. The molecule has 3 nitrogen and oxygen atoms in total. The molecule has 114 valence electrons. The number of carbonyl (C=O) groups excluding carboxylic acids is 1. The van der Waals surface area contributed by atoms with Crippen LogP contribution in [0.3, 0.4) is 0 Å². The van der Waals surface area contributed by atoms with Crippen molar-refractivity contribution in [3.63, 3.8) is 0 Å². The Morgan fingerprint density at radius 2 is 1.76 bits per heavy atom. The number of Topliss-reactive ketones (excluding diaryl/α,β-unsaturated/α-hetero) is 1. The fraction of sp³-hybridized carbons (Fsp3) is 0.588. The van der Waals surface area contributed by atoms with Crippen LogP contribution in [0, 0.1) is 11.7 Å². The van der Waals surface area contributed by atoms with Crippen molar-refractivity contribution in [1.82, 2.24) is 4.90 Å². The number of piperazine rings is 1. The highest BCUT2D eigenvalue weighted by Crippen LogP contribution is 2.23. The van der Waals surface area contributed by atoms with Crippen LogP contribution in [0.1, 0.15) is 25.7 Å². The minimum Gasteiger partial charge on any atom is -0.369 e. The van der Waals surface area contributed by atoms with Gasteiger partial charge in [-0.15, -0.1) is 0 Å². The zero-order valence-electron chi connectivity index (χ0n) is 12.4. The van der Waals surface area contributed by atoms with Crippen molar-refractivity contribution in [2.24, 2.45) is 5.92 Å². The standard InChI is InChI=1S/C17H23FN2O/c18-15-5-7-16(8-6-15)20-11-9-19(10-12-20)13-14-3-1-2-4-17(14)21/h5-8,14H,1-4,9-13H2. The molecule has 2 aliphatic rings. The molecule has 0 N–H and O–H groups in total. The lowest BCUT2D eigenvalue weighted by Gasteiger charge is -2.38. The van der Waals surface area contributed by atoms with Crippen LogP contribution in [0.25, 0.3) is 0 Å². The highest BCUT2D eigenvalue weighted by molar-refractivity contribution is 5.81. The van der Waals surface area contributed by atoms with E-state index in [4.69, 9.17) is 0 Å². The van der Waals surface area contributed by atoms with Gasteiger partial charge in [0.25, 0.3) is 0 Å². The molecule has 0 bridgehead atoms. The van der Waals surface area contributed by atoms with E-state index >= 15 is 0 Å². The summed E-state index contributed by atoms with van der Waals surface area (Å²) in [6.45, 7) is 4.80. The van der Waals surface area contributed by atoms with Crippen LogP contribution in [0.4, 0.5) is 10.1 Å². The Kier molecular flexibility index (Phi) is 4.54. The van der Waals surface area contributed by atoms with Gasteiger partial charge in [0, 0.05) is 50.7 Å². The first kappa shape index (κ1) is 14.5. The van der Waals surface area contributed by atoms with E-state index in [2.05, 4.69) is 9.80 Å². The van der Waals surface area contributed by atoms with Crippen LogP contribution >= 0.6 is 0 Å². The van der Waals surface area contributed by atoms with Gasteiger partial charge in [-0.25, -0.2) is 4.39 Å². The van der Waals surface area contributed by atoms with Gasteiger partial charge in [-0.2, -0.15) is 0 Å². The lowest BCUT2D eigenvalue weighted by atomic mass is 9.87. The van der Waals surface area contributed by atoms with E-state index in [1.165, 1.54) is 18.6 Å². The molecule has 0 aromatic heterocycles. The van der Waals surface area contributed by atoms with E-state index in [1.807, 2.05) is 12.1 Å². The summed E-state index contributed by atoms with van der Waals surface area (Å²) in [5.41, 5.74) is 1.09. The number of hydrogen-bond acceptors (Lipinski definition) is 3. The van der Waals surface area contributed by atoms with Crippen LogP contribution in [-0.2, 0) is 4.79 Å². The molecule has 21 heavy (non-hydrogen) atoms. The number of halogens is 1.